The number of aldehydes is 1. The molecule has 0 heterocycles. The number of carboxylic acid groups (broad SMARTS) is 2. The van der Waals surface area contributed by atoms with Gasteiger partial charge in [0.1, 0.15) is 6.29 Å². The van der Waals surface area contributed by atoms with Crippen LogP contribution in [0.3, 0.4) is 0 Å². The summed E-state index contributed by atoms with van der Waals surface area (Å²) in [5.74, 6) is -4.19. The van der Waals surface area contributed by atoms with Crippen LogP contribution in [0, 0.1) is 5.92 Å². The van der Waals surface area contributed by atoms with Gasteiger partial charge in [-0.3, -0.25) is 14.4 Å². The lowest BCUT2D eigenvalue weighted by atomic mass is 9.99. The fraction of sp³-hybridized carbons (Fsp3) is 0.182. The van der Waals surface area contributed by atoms with E-state index in [9.17, 15) is 14.4 Å². The van der Waals surface area contributed by atoms with E-state index in [2.05, 4.69) is 0 Å². The second-order valence-corrected chi connectivity index (χ2v) is 3.29. The number of carbonyl (C=O) groups is 3. The van der Waals surface area contributed by atoms with Crippen LogP contribution in [0.1, 0.15) is 15.9 Å². The Hall–Kier alpha value is -2.17. The van der Waals surface area contributed by atoms with E-state index in [1.165, 1.54) is 12.1 Å². The Labute approximate surface area is 91.3 Å². The Kier molecular flexibility index (Phi) is 3.77. The molecule has 0 spiro atoms. The molecule has 84 valence electrons. The summed E-state index contributed by atoms with van der Waals surface area (Å²) in [5, 5.41) is 17.3. The number of benzene rings is 1. The van der Waals surface area contributed by atoms with Gasteiger partial charge < -0.3 is 10.2 Å². The second-order valence-electron chi connectivity index (χ2n) is 3.29. The fourth-order valence-electron chi connectivity index (χ4n) is 1.25. The normalized spacial score (nSPS) is 10.1. The maximum Gasteiger partial charge on any atom is 0.318 e. The van der Waals surface area contributed by atoms with Gasteiger partial charge in [-0.05, 0) is 12.0 Å². The molecule has 0 radical (unpaired) electrons. The van der Waals surface area contributed by atoms with Gasteiger partial charge in [0.15, 0.2) is 5.92 Å². The standard InChI is InChI=1S/C11H10O5/c12-6-8-3-1-7(2-4-8)5-9(10(13)14)11(15)16/h1-4,6,9H,5H2,(H,13,14)(H,15,16). The first kappa shape index (κ1) is 11.9. The molecule has 0 saturated carbocycles. The number of carbonyl (C=O) groups excluding carboxylic acids is 1. The van der Waals surface area contributed by atoms with E-state index in [0.717, 1.165) is 0 Å². The molecule has 2 N–H and O–H groups in total. The van der Waals surface area contributed by atoms with Crippen molar-refractivity contribution in [3.8, 4) is 0 Å². The Bertz CT molecular complexity index is 393. The van der Waals surface area contributed by atoms with Crippen molar-refractivity contribution in [3.05, 3.63) is 35.4 Å². The molecule has 0 saturated heterocycles. The number of hydrogen-bond acceptors (Lipinski definition) is 3. The Morgan fingerprint density at radius 3 is 2.00 bits per heavy atom. The van der Waals surface area contributed by atoms with E-state index in [4.69, 9.17) is 10.2 Å². The molecule has 0 fully saturated rings. The minimum Gasteiger partial charge on any atom is -0.481 e. The predicted octanol–water partition coefficient (Wildman–Crippen LogP) is 0.827. The minimum atomic E-state index is -1.46. The number of aliphatic carboxylic acids is 2. The molecular formula is C11H10O5. The molecule has 5 heteroatoms. The van der Waals surface area contributed by atoms with Crippen LogP contribution in [0.15, 0.2) is 24.3 Å². The first-order valence-corrected chi connectivity index (χ1v) is 4.54. The topological polar surface area (TPSA) is 91.7 Å². The van der Waals surface area contributed by atoms with E-state index >= 15 is 0 Å². The van der Waals surface area contributed by atoms with Crippen LogP contribution in [0.4, 0.5) is 0 Å². The molecule has 0 aromatic heterocycles. The summed E-state index contributed by atoms with van der Waals surface area (Å²) in [5.41, 5.74) is 1.03. The molecule has 0 bridgehead atoms. The third kappa shape index (κ3) is 2.91. The molecule has 1 rings (SSSR count). The highest BCUT2D eigenvalue weighted by molar-refractivity contribution is 5.93. The zero-order valence-electron chi connectivity index (χ0n) is 8.29. The van der Waals surface area contributed by atoms with Crippen molar-refractivity contribution in [2.45, 2.75) is 6.42 Å². The van der Waals surface area contributed by atoms with Crippen LogP contribution in [-0.2, 0) is 16.0 Å². The van der Waals surface area contributed by atoms with Crippen LogP contribution < -0.4 is 0 Å². The van der Waals surface area contributed by atoms with Crippen LogP contribution >= 0.6 is 0 Å². The molecule has 0 aliphatic heterocycles. The lowest BCUT2D eigenvalue weighted by Crippen LogP contribution is -2.25. The highest BCUT2D eigenvalue weighted by atomic mass is 16.4. The summed E-state index contributed by atoms with van der Waals surface area (Å²) in [4.78, 5) is 31.6. The second kappa shape index (κ2) is 5.06. The third-order valence-corrected chi connectivity index (χ3v) is 2.15. The first-order valence-electron chi connectivity index (χ1n) is 4.54. The molecule has 1 aromatic rings. The molecule has 1 aromatic carbocycles. The summed E-state index contributed by atoms with van der Waals surface area (Å²) in [6.45, 7) is 0. The van der Waals surface area contributed by atoms with Gasteiger partial charge in [-0.15, -0.1) is 0 Å². The lowest BCUT2D eigenvalue weighted by Gasteiger charge is -2.07. The van der Waals surface area contributed by atoms with Crippen molar-refractivity contribution in [1.82, 2.24) is 0 Å². The van der Waals surface area contributed by atoms with E-state index in [1.807, 2.05) is 0 Å². The van der Waals surface area contributed by atoms with Gasteiger partial charge in [0.05, 0.1) is 0 Å². The smallest absolute Gasteiger partial charge is 0.318 e. The van der Waals surface area contributed by atoms with Gasteiger partial charge in [-0.2, -0.15) is 0 Å². The monoisotopic (exact) mass is 222 g/mol. The summed E-state index contributed by atoms with van der Waals surface area (Å²) in [6, 6.07) is 6.12. The van der Waals surface area contributed by atoms with E-state index in [-0.39, 0.29) is 6.42 Å². The van der Waals surface area contributed by atoms with E-state index in [0.29, 0.717) is 17.4 Å². The molecule has 0 atom stereocenters. The highest BCUT2D eigenvalue weighted by Gasteiger charge is 2.25. The SMILES string of the molecule is O=Cc1ccc(CC(C(=O)O)C(=O)O)cc1. The summed E-state index contributed by atoms with van der Waals surface area (Å²) >= 11 is 0. The van der Waals surface area contributed by atoms with Gasteiger partial charge >= 0.3 is 11.9 Å². The quantitative estimate of drug-likeness (QED) is 0.568. The maximum absolute atomic E-state index is 10.6. The zero-order chi connectivity index (χ0) is 12.1. The van der Waals surface area contributed by atoms with Gasteiger partial charge in [-0.1, -0.05) is 24.3 Å². The van der Waals surface area contributed by atoms with E-state index < -0.39 is 17.9 Å². The zero-order valence-corrected chi connectivity index (χ0v) is 8.29. The van der Waals surface area contributed by atoms with Gasteiger partial charge in [0, 0.05) is 5.56 Å². The number of carboxylic acids is 2. The summed E-state index contributed by atoms with van der Waals surface area (Å²) in [6.07, 6.45) is 0.569. The average Bonchev–Trinajstić information content (AvgIpc) is 2.25. The van der Waals surface area contributed by atoms with Crippen LogP contribution in [0.25, 0.3) is 0 Å². The molecule has 0 aliphatic carbocycles. The Morgan fingerprint density at radius 1 is 1.12 bits per heavy atom. The Morgan fingerprint density at radius 2 is 1.62 bits per heavy atom. The molecule has 0 aliphatic rings. The minimum absolute atomic E-state index is 0.0934. The predicted molar refractivity (Wildman–Crippen MR) is 54.3 cm³/mol. The molecule has 5 nitrogen and oxygen atoms in total. The Balaban J connectivity index is 2.81. The summed E-state index contributed by atoms with van der Waals surface area (Å²) < 4.78 is 0. The maximum atomic E-state index is 10.6. The van der Waals surface area contributed by atoms with Gasteiger partial charge in [0.2, 0.25) is 0 Å². The van der Waals surface area contributed by atoms with Crippen LogP contribution in [0.5, 0.6) is 0 Å². The first-order chi connectivity index (χ1) is 7.54. The van der Waals surface area contributed by atoms with Crippen molar-refractivity contribution >= 4 is 18.2 Å². The summed E-state index contributed by atoms with van der Waals surface area (Å²) in [7, 11) is 0. The van der Waals surface area contributed by atoms with Crippen molar-refractivity contribution in [2.24, 2.45) is 5.92 Å². The van der Waals surface area contributed by atoms with Gasteiger partial charge in [0.25, 0.3) is 0 Å². The number of rotatable bonds is 5. The average molecular weight is 222 g/mol. The fourth-order valence-corrected chi connectivity index (χ4v) is 1.25. The van der Waals surface area contributed by atoms with Crippen molar-refractivity contribution in [2.75, 3.05) is 0 Å². The molecule has 0 unspecified atom stereocenters. The van der Waals surface area contributed by atoms with Crippen molar-refractivity contribution in [1.29, 1.82) is 0 Å². The lowest BCUT2D eigenvalue weighted by molar-refractivity contribution is -0.154. The number of hydrogen-bond donors (Lipinski definition) is 2. The largest absolute Gasteiger partial charge is 0.481 e. The van der Waals surface area contributed by atoms with Crippen LogP contribution in [0.2, 0.25) is 0 Å². The molecular weight excluding hydrogens is 212 g/mol. The van der Waals surface area contributed by atoms with Gasteiger partial charge in [-0.25, -0.2) is 0 Å². The van der Waals surface area contributed by atoms with Crippen LogP contribution in [-0.4, -0.2) is 28.4 Å². The van der Waals surface area contributed by atoms with E-state index in [1.54, 1.807) is 12.1 Å². The van der Waals surface area contributed by atoms with Crippen molar-refractivity contribution in [3.63, 3.8) is 0 Å². The highest BCUT2D eigenvalue weighted by Crippen LogP contribution is 2.10. The van der Waals surface area contributed by atoms with Crippen molar-refractivity contribution < 1.29 is 24.6 Å². The third-order valence-electron chi connectivity index (χ3n) is 2.15. The molecule has 16 heavy (non-hydrogen) atoms. The molecule has 0 amide bonds.